The molecule has 164 valence electrons. The number of aliphatic hydroxyl groups excluding tert-OH is 1. The third-order valence-corrected chi connectivity index (χ3v) is 8.49. The Morgan fingerprint density at radius 2 is 1.90 bits per heavy atom. The van der Waals surface area contributed by atoms with Gasteiger partial charge in [-0.25, -0.2) is 0 Å². The van der Waals surface area contributed by atoms with Gasteiger partial charge in [-0.05, 0) is 38.5 Å². The van der Waals surface area contributed by atoms with Crippen molar-refractivity contribution in [1.82, 2.24) is 15.5 Å². The Kier molecular flexibility index (Phi) is 7.48. The van der Waals surface area contributed by atoms with Crippen LogP contribution >= 0.6 is 11.8 Å². The summed E-state index contributed by atoms with van der Waals surface area (Å²) in [6.45, 7) is 5.84. The zero-order valence-electron chi connectivity index (χ0n) is 17.6. The van der Waals surface area contributed by atoms with Crippen LogP contribution in [0.5, 0.6) is 0 Å². The molecule has 2 unspecified atom stereocenters. The Morgan fingerprint density at radius 1 is 1.14 bits per heavy atom. The molecule has 0 aromatic rings. The summed E-state index contributed by atoms with van der Waals surface area (Å²) < 4.78 is -0.495. The van der Waals surface area contributed by atoms with E-state index in [2.05, 4.69) is 17.6 Å². The number of unbranched alkanes of at least 4 members (excludes halogenated alkanes) is 2. The second kappa shape index (κ2) is 9.69. The number of carbonyl (C=O) groups is 3. The number of likely N-dealkylation sites (tertiary alicyclic amines) is 1. The molecule has 7 nitrogen and oxygen atoms in total. The van der Waals surface area contributed by atoms with Crippen LogP contribution in [-0.2, 0) is 14.4 Å². The minimum absolute atomic E-state index is 0.0355. The van der Waals surface area contributed by atoms with E-state index in [-0.39, 0.29) is 35.5 Å². The average Bonchev–Trinajstić information content (AvgIpc) is 3.34. The lowest BCUT2D eigenvalue weighted by atomic mass is 9.70. The number of amides is 3. The predicted octanol–water partition coefficient (Wildman–Crippen LogP) is 1.29. The fourth-order valence-electron chi connectivity index (χ4n) is 5.24. The predicted molar refractivity (Wildman–Crippen MR) is 113 cm³/mol. The van der Waals surface area contributed by atoms with Gasteiger partial charge in [0.25, 0.3) is 0 Å². The maximum Gasteiger partial charge on any atom is 0.244 e. The highest BCUT2D eigenvalue weighted by atomic mass is 32.2. The van der Waals surface area contributed by atoms with Gasteiger partial charge in [0.2, 0.25) is 17.7 Å². The van der Waals surface area contributed by atoms with Gasteiger partial charge in [0.1, 0.15) is 6.04 Å². The van der Waals surface area contributed by atoms with Gasteiger partial charge in [-0.15, -0.1) is 11.8 Å². The molecule has 0 saturated carbocycles. The van der Waals surface area contributed by atoms with E-state index in [1.807, 2.05) is 6.92 Å². The maximum absolute atomic E-state index is 13.5. The quantitative estimate of drug-likeness (QED) is 0.433. The molecule has 29 heavy (non-hydrogen) atoms. The van der Waals surface area contributed by atoms with E-state index in [1.54, 1.807) is 16.7 Å². The first-order chi connectivity index (χ1) is 14.0. The Bertz CT molecular complexity index is 631. The number of hydrogen-bond donors (Lipinski definition) is 3. The molecule has 1 spiro atoms. The van der Waals surface area contributed by atoms with Crippen molar-refractivity contribution in [2.45, 2.75) is 74.8 Å². The van der Waals surface area contributed by atoms with Gasteiger partial charge < -0.3 is 20.6 Å². The molecule has 0 aromatic carbocycles. The highest BCUT2D eigenvalue weighted by molar-refractivity contribution is 8.02. The summed E-state index contributed by atoms with van der Waals surface area (Å²) in [6, 6.07) is -0.519. The number of nitrogens with one attached hydrogen (secondary N) is 2. The van der Waals surface area contributed by atoms with Gasteiger partial charge in [0.05, 0.1) is 16.6 Å². The van der Waals surface area contributed by atoms with Crippen molar-refractivity contribution in [2.24, 2.45) is 11.8 Å². The van der Waals surface area contributed by atoms with Gasteiger partial charge >= 0.3 is 0 Å². The van der Waals surface area contributed by atoms with Gasteiger partial charge in [-0.1, -0.05) is 20.3 Å². The van der Waals surface area contributed by atoms with E-state index in [4.69, 9.17) is 5.11 Å². The topological polar surface area (TPSA) is 98.7 Å². The molecular formula is C21H35N3O4S. The Morgan fingerprint density at radius 3 is 2.59 bits per heavy atom. The zero-order valence-corrected chi connectivity index (χ0v) is 18.4. The van der Waals surface area contributed by atoms with Crippen molar-refractivity contribution in [1.29, 1.82) is 0 Å². The lowest BCUT2D eigenvalue weighted by molar-refractivity contribution is -0.140. The lowest BCUT2D eigenvalue weighted by Crippen LogP contribution is -2.54. The summed E-state index contributed by atoms with van der Waals surface area (Å²) in [4.78, 5) is 41.3. The summed E-state index contributed by atoms with van der Waals surface area (Å²) in [6.07, 6.45) is 5.70. The lowest BCUT2D eigenvalue weighted by Gasteiger charge is -2.34. The Balaban J connectivity index is 1.86. The summed E-state index contributed by atoms with van der Waals surface area (Å²) >= 11 is 1.71. The van der Waals surface area contributed by atoms with E-state index >= 15 is 0 Å². The molecule has 5 atom stereocenters. The largest absolute Gasteiger partial charge is 0.396 e. The van der Waals surface area contributed by atoms with Gasteiger partial charge in [-0.3, -0.25) is 14.4 Å². The zero-order chi connectivity index (χ0) is 21.0. The molecule has 3 heterocycles. The van der Waals surface area contributed by atoms with Crippen LogP contribution in [0.4, 0.5) is 0 Å². The van der Waals surface area contributed by atoms with E-state index in [0.29, 0.717) is 32.5 Å². The van der Waals surface area contributed by atoms with E-state index in [1.165, 1.54) is 0 Å². The standard InChI is InChI=1S/C21H35N3O4S/c1-3-5-11-23-19(27)17-21-9-8-14(29-21)15(18(26)22-10-4-2)16(21)20(28)24(17)12-6-7-13-25/h14-17,25H,3-13H2,1-2H3,(H,22,26)(H,23,27)/t14-,15+,16-,17?,21?/m0/s1. The maximum atomic E-state index is 13.5. The van der Waals surface area contributed by atoms with Gasteiger partial charge in [0.15, 0.2) is 0 Å². The highest BCUT2D eigenvalue weighted by Gasteiger charge is 2.73. The van der Waals surface area contributed by atoms with Crippen molar-refractivity contribution in [2.75, 3.05) is 26.2 Å². The minimum Gasteiger partial charge on any atom is -0.396 e. The number of nitrogens with zero attached hydrogens (tertiary/aromatic N) is 1. The SMILES string of the molecule is CCCCNC(=O)C1N(CCCCO)C(=O)[C@@H]2[C@H](C(=O)NCCC)[C@@H]3CCC12S3. The monoisotopic (exact) mass is 425 g/mol. The first-order valence-corrected chi connectivity index (χ1v) is 12.0. The van der Waals surface area contributed by atoms with Gasteiger partial charge in [-0.2, -0.15) is 0 Å². The normalized spacial score (nSPS) is 32.5. The molecular weight excluding hydrogens is 390 g/mol. The Hall–Kier alpha value is -1.28. The molecule has 3 amide bonds. The van der Waals surface area contributed by atoms with Crippen LogP contribution in [0.3, 0.4) is 0 Å². The van der Waals surface area contributed by atoms with Crippen LogP contribution in [0.15, 0.2) is 0 Å². The van der Waals surface area contributed by atoms with E-state index in [9.17, 15) is 14.4 Å². The molecule has 0 aromatic heterocycles. The highest BCUT2D eigenvalue weighted by Crippen LogP contribution is 2.66. The summed E-state index contributed by atoms with van der Waals surface area (Å²) in [5, 5.41) is 15.3. The number of carbonyl (C=O) groups excluding carboxylic acids is 3. The average molecular weight is 426 g/mol. The van der Waals surface area contributed by atoms with Gasteiger partial charge in [0, 0.05) is 31.5 Å². The van der Waals surface area contributed by atoms with Crippen molar-refractivity contribution >= 4 is 29.5 Å². The number of rotatable bonds is 11. The molecule has 3 rings (SSSR count). The second-order valence-corrected chi connectivity index (χ2v) is 10.1. The number of fused-ring (bicyclic) bond motifs is 1. The molecule has 0 aliphatic carbocycles. The fraction of sp³-hybridized carbons (Fsp3) is 0.857. The summed E-state index contributed by atoms with van der Waals surface area (Å²) in [7, 11) is 0. The molecule has 3 N–H and O–H groups in total. The van der Waals surface area contributed by atoms with Crippen LogP contribution in [0, 0.1) is 11.8 Å². The molecule has 3 fully saturated rings. The third kappa shape index (κ3) is 4.02. The number of aliphatic hydroxyl groups is 1. The van der Waals surface area contributed by atoms with Crippen LogP contribution in [0.25, 0.3) is 0 Å². The van der Waals surface area contributed by atoms with Crippen LogP contribution in [0.1, 0.15) is 58.8 Å². The Labute approximate surface area is 177 Å². The molecule has 3 aliphatic rings. The van der Waals surface area contributed by atoms with Crippen molar-refractivity contribution in [3.05, 3.63) is 0 Å². The second-order valence-electron chi connectivity index (χ2n) is 8.45. The first-order valence-electron chi connectivity index (χ1n) is 11.2. The van der Waals surface area contributed by atoms with Crippen molar-refractivity contribution < 1.29 is 19.5 Å². The number of hydrogen-bond acceptors (Lipinski definition) is 5. The first kappa shape index (κ1) is 22.4. The molecule has 3 saturated heterocycles. The fourth-order valence-corrected chi connectivity index (χ4v) is 7.46. The van der Waals surface area contributed by atoms with Crippen LogP contribution in [-0.4, -0.2) is 70.0 Å². The summed E-state index contributed by atoms with van der Waals surface area (Å²) in [5.74, 6) is -0.932. The smallest absolute Gasteiger partial charge is 0.244 e. The van der Waals surface area contributed by atoms with E-state index in [0.717, 1.165) is 32.1 Å². The molecule has 0 radical (unpaired) electrons. The molecule has 3 aliphatic heterocycles. The minimum atomic E-state index is -0.519. The third-order valence-electron chi connectivity index (χ3n) is 6.54. The van der Waals surface area contributed by atoms with Crippen LogP contribution in [0.2, 0.25) is 0 Å². The summed E-state index contributed by atoms with van der Waals surface area (Å²) in [5.41, 5.74) is 0. The van der Waals surface area contributed by atoms with Crippen molar-refractivity contribution in [3.63, 3.8) is 0 Å². The van der Waals surface area contributed by atoms with Crippen LogP contribution < -0.4 is 10.6 Å². The molecule has 8 heteroatoms. The molecule has 2 bridgehead atoms. The number of thioether (sulfide) groups is 1. The van der Waals surface area contributed by atoms with Crippen molar-refractivity contribution in [3.8, 4) is 0 Å². The van der Waals surface area contributed by atoms with E-state index < -0.39 is 16.7 Å².